The van der Waals surface area contributed by atoms with E-state index in [1.54, 1.807) is 12.1 Å². The summed E-state index contributed by atoms with van der Waals surface area (Å²) in [6.07, 6.45) is 7.99. The fraction of sp³-hybridized carbons (Fsp3) is 0.684. The van der Waals surface area contributed by atoms with Crippen LogP contribution in [0.3, 0.4) is 0 Å². The Morgan fingerprint density at radius 3 is 2.43 bits per heavy atom. The van der Waals surface area contributed by atoms with Gasteiger partial charge in [-0.05, 0) is 54.8 Å². The highest BCUT2D eigenvalue weighted by Gasteiger charge is 2.24. The van der Waals surface area contributed by atoms with Gasteiger partial charge in [-0.3, -0.25) is 0 Å². The Bertz CT molecular complexity index is 408. The van der Waals surface area contributed by atoms with E-state index in [4.69, 9.17) is 0 Å². The number of hydrogen-bond acceptors (Lipinski definition) is 1. The topological polar surface area (TPSA) is 12.0 Å². The summed E-state index contributed by atoms with van der Waals surface area (Å²) in [4.78, 5) is 0. The third-order valence-corrected chi connectivity index (χ3v) is 4.66. The maximum atomic E-state index is 13.6. The van der Waals surface area contributed by atoms with Gasteiger partial charge in [0.2, 0.25) is 0 Å². The normalized spacial score (nSPS) is 18.7. The molecule has 0 aliphatic heterocycles. The minimum absolute atomic E-state index is 0.102. The third-order valence-electron chi connectivity index (χ3n) is 4.66. The van der Waals surface area contributed by atoms with Gasteiger partial charge in [-0.1, -0.05) is 51.7 Å². The predicted octanol–water partition coefficient (Wildman–Crippen LogP) is 5.13. The lowest BCUT2D eigenvalue weighted by Gasteiger charge is -2.27. The highest BCUT2D eigenvalue weighted by molar-refractivity contribution is 5.22. The lowest BCUT2D eigenvalue weighted by Crippen LogP contribution is -2.29. The Kier molecular flexibility index (Phi) is 6.69. The monoisotopic (exact) mass is 291 g/mol. The molecule has 0 aromatic heterocycles. The molecule has 1 fully saturated rings. The minimum atomic E-state index is -0.102. The first kappa shape index (κ1) is 16.5. The fourth-order valence-electron chi connectivity index (χ4n) is 3.53. The summed E-state index contributed by atoms with van der Waals surface area (Å²) in [7, 11) is 0. The van der Waals surface area contributed by atoms with Crippen molar-refractivity contribution in [3.05, 3.63) is 35.6 Å². The summed E-state index contributed by atoms with van der Waals surface area (Å²) in [5, 5.41) is 3.60. The number of nitrogens with one attached hydrogen (secondary N) is 1. The van der Waals surface area contributed by atoms with Crippen LogP contribution in [0, 0.1) is 17.7 Å². The lowest BCUT2D eigenvalue weighted by atomic mass is 9.81. The van der Waals surface area contributed by atoms with Crippen LogP contribution in [0.15, 0.2) is 24.3 Å². The van der Waals surface area contributed by atoms with Crippen LogP contribution in [-0.2, 0) is 0 Å². The van der Waals surface area contributed by atoms with Crippen molar-refractivity contribution in [2.45, 2.75) is 58.3 Å². The zero-order valence-electron chi connectivity index (χ0n) is 13.6. The maximum Gasteiger partial charge on any atom is 0.123 e. The first-order valence-electron chi connectivity index (χ1n) is 8.63. The van der Waals surface area contributed by atoms with Gasteiger partial charge in [0.15, 0.2) is 0 Å². The van der Waals surface area contributed by atoms with Crippen molar-refractivity contribution in [1.29, 1.82) is 0 Å². The molecule has 0 heterocycles. The second-order valence-electron chi connectivity index (χ2n) is 6.97. The van der Waals surface area contributed by atoms with E-state index in [0.29, 0.717) is 17.8 Å². The minimum Gasteiger partial charge on any atom is -0.316 e. The van der Waals surface area contributed by atoms with Crippen LogP contribution >= 0.6 is 0 Å². The zero-order valence-corrected chi connectivity index (χ0v) is 13.6. The molecule has 0 radical (unpaired) electrons. The van der Waals surface area contributed by atoms with Gasteiger partial charge < -0.3 is 5.32 Å². The molecule has 1 nitrogen and oxygen atoms in total. The first-order valence-corrected chi connectivity index (χ1v) is 8.63. The van der Waals surface area contributed by atoms with Crippen molar-refractivity contribution in [2.75, 3.05) is 13.1 Å². The SMILES string of the molecule is CC(C)CNCC(c1cccc(F)c1)C1CCCCCC1. The van der Waals surface area contributed by atoms with Crippen molar-refractivity contribution in [3.63, 3.8) is 0 Å². The zero-order chi connectivity index (χ0) is 15.1. The summed E-state index contributed by atoms with van der Waals surface area (Å²) in [5.74, 6) is 1.72. The highest BCUT2D eigenvalue weighted by atomic mass is 19.1. The standard InChI is InChI=1S/C19H30FN/c1-15(2)13-21-14-19(16-8-5-3-4-6-9-16)17-10-7-11-18(20)12-17/h7,10-12,15-16,19,21H,3-6,8-9,13-14H2,1-2H3. The molecule has 0 bridgehead atoms. The molecule has 2 heteroatoms. The molecule has 0 amide bonds. The van der Waals surface area contributed by atoms with E-state index in [-0.39, 0.29) is 5.82 Å². The Labute approximate surface area is 129 Å². The Morgan fingerprint density at radius 1 is 1.10 bits per heavy atom. The summed E-state index contributed by atoms with van der Waals surface area (Å²) in [6.45, 7) is 6.48. The average Bonchev–Trinajstić information content (AvgIpc) is 2.72. The quantitative estimate of drug-likeness (QED) is 0.717. The van der Waals surface area contributed by atoms with Crippen LogP contribution in [0.5, 0.6) is 0 Å². The molecule has 1 aromatic carbocycles. The van der Waals surface area contributed by atoms with Crippen LogP contribution in [0.25, 0.3) is 0 Å². The second-order valence-corrected chi connectivity index (χ2v) is 6.97. The van der Waals surface area contributed by atoms with Gasteiger partial charge in [0, 0.05) is 6.54 Å². The lowest BCUT2D eigenvalue weighted by molar-refractivity contribution is 0.355. The van der Waals surface area contributed by atoms with Crippen LogP contribution in [0.4, 0.5) is 4.39 Å². The van der Waals surface area contributed by atoms with E-state index in [2.05, 4.69) is 25.2 Å². The van der Waals surface area contributed by atoms with Crippen LogP contribution in [0.2, 0.25) is 0 Å². The number of hydrogen-bond donors (Lipinski definition) is 1. The summed E-state index contributed by atoms with van der Waals surface area (Å²) in [5.41, 5.74) is 1.18. The smallest absolute Gasteiger partial charge is 0.123 e. The molecule has 2 rings (SSSR count). The fourth-order valence-corrected chi connectivity index (χ4v) is 3.53. The average molecular weight is 291 g/mol. The van der Waals surface area contributed by atoms with Crippen molar-refractivity contribution in [1.82, 2.24) is 5.32 Å². The van der Waals surface area contributed by atoms with E-state index in [9.17, 15) is 4.39 Å². The number of benzene rings is 1. The first-order chi connectivity index (χ1) is 10.2. The highest BCUT2D eigenvalue weighted by Crippen LogP contribution is 2.35. The Morgan fingerprint density at radius 2 is 1.81 bits per heavy atom. The van der Waals surface area contributed by atoms with Gasteiger partial charge in [0.1, 0.15) is 5.82 Å². The van der Waals surface area contributed by atoms with Gasteiger partial charge in [0.05, 0.1) is 0 Å². The molecule has 0 spiro atoms. The van der Waals surface area contributed by atoms with Gasteiger partial charge in [-0.2, -0.15) is 0 Å². The van der Waals surface area contributed by atoms with Crippen molar-refractivity contribution in [2.24, 2.45) is 11.8 Å². The Balaban J connectivity index is 2.08. The third kappa shape index (κ3) is 5.43. The van der Waals surface area contributed by atoms with E-state index in [1.807, 2.05) is 6.07 Å². The van der Waals surface area contributed by atoms with Gasteiger partial charge in [-0.15, -0.1) is 0 Å². The second kappa shape index (κ2) is 8.53. The molecule has 118 valence electrons. The van der Waals surface area contributed by atoms with E-state index in [1.165, 1.54) is 44.1 Å². The summed E-state index contributed by atoms with van der Waals surface area (Å²) >= 11 is 0. The van der Waals surface area contributed by atoms with Crippen molar-refractivity contribution >= 4 is 0 Å². The van der Waals surface area contributed by atoms with Crippen molar-refractivity contribution in [3.8, 4) is 0 Å². The van der Waals surface area contributed by atoms with E-state index in [0.717, 1.165) is 13.1 Å². The maximum absolute atomic E-state index is 13.6. The van der Waals surface area contributed by atoms with Crippen molar-refractivity contribution < 1.29 is 4.39 Å². The summed E-state index contributed by atoms with van der Waals surface area (Å²) in [6, 6.07) is 7.26. The van der Waals surface area contributed by atoms with Gasteiger partial charge in [-0.25, -0.2) is 4.39 Å². The Hall–Kier alpha value is -0.890. The number of rotatable bonds is 6. The molecule has 1 saturated carbocycles. The molecule has 21 heavy (non-hydrogen) atoms. The molecule has 1 N–H and O–H groups in total. The number of halogens is 1. The van der Waals surface area contributed by atoms with Gasteiger partial charge in [0.25, 0.3) is 0 Å². The largest absolute Gasteiger partial charge is 0.316 e. The summed E-state index contributed by atoms with van der Waals surface area (Å²) < 4.78 is 13.6. The molecule has 1 atom stereocenters. The molecule has 0 saturated heterocycles. The van der Waals surface area contributed by atoms with Gasteiger partial charge >= 0.3 is 0 Å². The molecule has 1 aliphatic rings. The predicted molar refractivity (Wildman–Crippen MR) is 88.0 cm³/mol. The van der Waals surface area contributed by atoms with Crippen LogP contribution in [-0.4, -0.2) is 13.1 Å². The molecular formula is C19H30FN. The van der Waals surface area contributed by atoms with E-state index < -0.39 is 0 Å². The van der Waals surface area contributed by atoms with Crippen LogP contribution < -0.4 is 5.32 Å². The molecular weight excluding hydrogens is 261 g/mol. The molecule has 1 unspecified atom stereocenters. The van der Waals surface area contributed by atoms with E-state index >= 15 is 0 Å². The molecule has 1 aliphatic carbocycles. The molecule has 1 aromatic rings. The van der Waals surface area contributed by atoms with Crippen LogP contribution in [0.1, 0.15) is 63.9 Å².